The molecule has 1 amide bonds. The van der Waals surface area contributed by atoms with Crippen LogP contribution in [0.3, 0.4) is 0 Å². The highest BCUT2D eigenvalue weighted by molar-refractivity contribution is 7.47. The van der Waals surface area contributed by atoms with Gasteiger partial charge in [-0.25, -0.2) is 10.0 Å². The van der Waals surface area contributed by atoms with Gasteiger partial charge in [0, 0.05) is 18.8 Å². The van der Waals surface area contributed by atoms with E-state index in [0.717, 1.165) is 37.7 Å². The van der Waals surface area contributed by atoms with Gasteiger partial charge in [-0.2, -0.15) is 4.62 Å². The van der Waals surface area contributed by atoms with Crippen molar-refractivity contribution in [2.45, 2.75) is 51.9 Å². The maximum Gasteiger partial charge on any atom is 0.493 e. The maximum atomic E-state index is 11.6. The van der Waals surface area contributed by atoms with Crippen molar-refractivity contribution in [1.29, 1.82) is 0 Å². The van der Waals surface area contributed by atoms with Crippen molar-refractivity contribution in [3.8, 4) is 0 Å². The first-order chi connectivity index (χ1) is 11.0. The van der Waals surface area contributed by atoms with Crippen LogP contribution in [0.25, 0.3) is 0 Å². The molecule has 0 aliphatic heterocycles. The molecule has 7 nitrogen and oxygen atoms in total. The van der Waals surface area contributed by atoms with Gasteiger partial charge in [-0.3, -0.25) is 14.3 Å². The first kappa shape index (κ1) is 19.8. The van der Waals surface area contributed by atoms with Crippen LogP contribution in [-0.4, -0.2) is 22.4 Å². The molecule has 1 atom stereocenters. The Kier molecular flexibility index (Phi) is 9.71. The van der Waals surface area contributed by atoms with Crippen molar-refractivity contribution >= 4 is 13.7 Å². The molecule has 0 spiro atoms. The Hall–Kier alpha value is -1.27. The largest absolute Gasteiger partial charge is 0.493 e. The predicted octanol–water partition coefficient (Wildman–Crippen LogP) is 3.15. The predicted molar refractivity (Wildman–Crippen MR) is 86.3 cm³/mol. The minimum atomic E-state index is -4.29. The fourth-order valence-electron chi connectivity index (χ4n) is 1.90. The van der Waals surface area contributed by atoms with E-state index in [1.165, 1.54) is 0 Å². The van der Waals surface area contributed by atoms with E-state index in [1.54, 1.807) is 18.5 Å². The van der Waals surface area contributed by atoms with Crippen molar-refractivity contribution in [2.24, 2.45) is 0 Å². The molecule has 1 rings (SSSR count). The lowest BCUT2D eigenvalue weighted by atomic mass is 10.1. The molecule has 0 radical (unpaired) electrons. The Morgan fingerprint density at radius 3 is 2.83 bits per heavy atom. The summed E-state index contributed by atoms with van der Waals surface area (Å²) in [5.41, 5.74) is 2.85. The Bertz CT molecular complexity index is 498. The van der Waals surface area contributed by atoms with E-state index in [0.29, 0.717) is 6.42 Å². The lowest BCUT2D eigenvalue weighted by Gasteiger charge is -2.12. The van der Waals surface area contributed by atoms with E-state index in [9.17, 15) is 14.3 Å². The summed E-state index contributed by atoms with van der Waals surface area (Å²) in [5.74, 6) is -0.424. The van der Waals surface area contributed by atoms with Gasteiger partial charge in [-0.1, -0.05) is 38.7 Å². The zero-order valence-corrected chi connectivity index (χ0v) is 14.3. The number of hydrogen-bond acceptors (Lipinski definition) is 5. The average molecular weight is 344 g/mol. The highest BCUT2D eigenvalue weighted by Gasteiger charge is 2.22. The molecular formula is C15H25N2O5P. The topological polar surface area (TPSA) is 97.8 Å². The Balaban J connectivity index is 2.14. The van der Waals surface area contributed by atoms with E-state index in [-0.39, 0.29) is 13.0 Å². The zero-order chi connectivity index (χ0) is 17.0. The highest BCUT2D eigenvalue weighted by Crippen LogP contribution is 2.41. The SMILES string of the molecule is CCCCCCCC(=O)NOP(=O)(O)OCCc1cccnc1. The molecule has 0 aliphatic carbocycles. The van der Waals surface area contributed by atoms with Crippen LogP contribution < -0.4 is 5.48 Å². The molecule has 0 bridgehead atoms. The second kappa shape index (κ2) is 11.3. The van der Waals surface area contributed by atoms with Crippen LogP contribution in [-0.2, 0) is 24.9 Å². The second-order valence-corrected chi connectivity index (χ2v) is 6.57. The molecule has 23 heavy (non-hydrogen) atoms. The molecule has 0 saturated heterocycles. The maximum absolute atomic E-state index is 11.6. The lowest BCUT2D eigenvalue weighted by molar-refractivity contribution is -0.128. The van der Waals surface area contributed by atoms with E-state index < -0.39 is 13.7 Å². The number of unbranched alkanes of at least 4 members (excludes halogenated alkanes) is 4. The Morgan fingerprint density at radius 1 is 1.35 bits per heavy atom. The molecule has 2 N–H and O–H groups in total. The summed E-state index contributed by atoms with van der Waals surface area (Å²) >= 11 is 0. The summed E-state index contributed by atoms with van der Waals surface area (Å²) in [7, 11) is -4.29. The van der Waals surface area contributed by atoms with Crippen LogP contribution in [0.4, 0.5) is 0 Å². The van der Waals surface area contributed by atoms with E-state index in [4.69, 9.17) is 4.52 Å². The fourth-order valence-corrected chi connectivity index (χ4v) is 2.49. The van der Waals surface area contributed by atoms with Crippen LogP contribution in [0.1, 0.15) is 51.0 Å². The molecule has 0 aliphatic rings. The number of phosphoric ester groups is 1. The molecule has 0 aromatic carbocycles. The van der Waals surface area contributed by atoms with Gasteiger partial charge in [0.1, 0.15) is 0 Å². The Labute approximate surface area is 137 Å². The number of pyridine rings is 1. The molecule has 0 fully saturated rings. The summed E-state index contributed by atoms with van der Waals surface area (Å²) in [6.07, 6.45) is 9.03. The molecule has 1 aromatic rings. The Morgan fingerprint density at radius 2 is 2.13 bits per heavy atom. The van der Waals surface area contributed by atoms with Crippen LogP contribution >= 0.6 is 7.82 Å². The van der Waals surface area contributed by atoms with E-state index in [2.05, 4.69) is 16.5 Å². The number of nitrogens with zero attached hydrogens (tertiary/aromatic N) is 1. The monoisotopic (exact) mass is 344 g/mol. The van der Waals surface area contributed by atoms with E-state index in [1.807, 2.05) is 11.5 Å². The molecule has 0 saturated carbocycles. The molecule has 1 heterocycles. The summed E-state index contributed by atoms with van der Waals surface area (Å²) in [4.78, 5) is 24.9. The minimum absolute atomic E-state index is 0.00758. The highest BCUT2D eigenvalue weighted by atomic mass is 31.2. The smallest absolute Gasteiger partial charge is 0.301 e. The molecule has 8 heteroatoms. The summed E-state index contributed by atoms with van der Waals surface area (Å²) < 4.78 is 20.9. The van der Waals surface area contributed by atoms with Gasteiger partial charge in [0.2, 0.25) is 5.91 Å². The van der Waals surface area contributed by atoms with Gasteiger partial charge >= 0.3 is 7.82 Å². The molecule has 1 unspecified atom stereocenters. The van der Waals surface area contributed by atoms with Crippen molar-refractivity contribution in [2.75, 3.05) is 6.61 Å². The van der Waals surface area contributed by atoms with Gasteiger partial charge in [0.25, 0.3) is 0 Å². The fraction of sp³-hybridized carbons (Fsp3) is 0.600. The number of hydroxylamine groups is 1. The van der Waals surface area contributed by atoms with Gasteiger partial charge in [-0.05, 0) is 24.5 Å². The van der Waals surface area contributed by atoms with Gasteiger partial charge in [0.05, 0.1) is 6.61 Å². The number of nitrogens with one attached hydrogen (secondary N) is 1. The second-order valence-electron chi connectivity index (χ2n) is 5.19. The summed E-state index contributed by atoms with van der Waals surface area (Å²) in [6.45, 7) is 2.11. The zero-order valence-electron chi connectivity index (χ0n) is 13.4. The number of carbonyl (C=O) groups excluding carboxylic acids is 1. The molecule has 130 valence electrons. The third kappa shape index (κ3) is 10.2. The normalized spacial score (nSPS) is 13.5. The van der Waals surface area contributed by atoms with Gasteiger partial charge in [-0.15, -0.1) is 0 Å². The van der Waals surface area contributed by atoms with Crippen LogP contribution in [0.2, 0.25) is 0 Å². The number of hydrogen-bond donors (Lipinski definition) is 2. The average Bonchev–Trinajstić information content (AvgIpc) is 2.54. The van der Waals surface area contributed by atoms with Crippen LogP contribution in [0.15, 0.2) is 24.5 Å². The number of rotatable bonds is 12. The first-order valence-corrected chi connectivity index (χ1v) is 9.36. The van der Waals surface area contributed by atoms with Crippen molar-refractivity contribution in [3.63, 3.8) is 0 Å². The molecule has 1 aromatic heterocycles. The third-order valence-corrected chi connectivity index (χ3v) is 3.98. The minimum Gasteiger partial charge on any atom is -0.301 e. The summed E-state index contributed by atoms with van der Waals surface area (Å²) in [6, 6.07) is 3.60. The number of aromatic nitrogens is 1. The van der Waals surface area contributed by atoms with Gasteiger partial charge < -0.3 is 4.89 Å². The van der Waals surface area contributed by atoms with Crippen LogP contribution in [0.5, 0.6) is 0 Å². The lowest BCUT2D eigenvalue weighted by Crippen LogP contribution is -2.22. The number of phosphoric acid groups is 1. The number of amides is 1. The van der Waals surface area contributed by atoms with Crippen molar-refractivity contribution in [1.82, 2.24) is 10.5 Å². The van der Waals surface area contributed by atoms with Crippen molar-refractivity contribution < 1.29 is 23.4 Å². The van der Waals surface area contributed by atoms with Gasteiger partial charge in [0.15, 0.2) is 0 Å². The third-order valence-electron chi connectivity index (χ3n) is 3.15. The standard InChI is InChI=1S/C15H25N2O5P/c1-2-3-4-5-6-9-15(18)17-22-23(19,20)21-12-10-14-8-7-11-16-13-14/h7-8,11,13H,2-6,9-10,12H2,1H3,(H,17,18)(H,19,20). The quantitative estimate of drug-likeness (QED) is 0.343. The molecular weight excluding hydrogens is 319 g/mol. The van der Waals surface area contributed by atoms with Crippen molar-refractivity contribution in [3.05, 3.63) is 30.1 Å². The van der Waals surface area contributed by atoms with E-state index >= 15 is 0 Å². The number of carbonyl (C=O) groups is 1. The van der Waals surface area contributed by atoms with Crippen LogP contribution in [0, 0.1) is 0 Å². The first-order valence-electron chi connectivity index (χ1n) is 7.87. The summed E-state index contributed by atoms with van der Waals surface area (Å²) in [5, 5.41) is 0.